The van der Waals surface area contributed by atoms with E-state index < -0.39 is 11.8 Å². The fourth-order valence-electron chi connectivity index (χ4n) is 2.37. The maximum atomic E-state index is 13.3. The van der Waals surface area contributed by atoms with Crippen molar-refractivity contribution < 1.29 is 13.6 Å². The summed E-state index contributed by atoms with van der Waals surface area (Å²) in [6, 6.07) is 9.47. The van der Waals surface area contributed by atoms with Gasteiger partial charge in [-0.15, -0.1) is 0 Å². The van der Waals surface area contributed by atoms with Gasteiger partial charge in [-0.3, -0.25) is 9.89 Å². The van der Waals surface area contributed by atoms with E-state index in [0.717, 1.165) is 5.56 Å². The van der Waals surface area contributed by atoms with Crippen molar-refractivity contribution in [3.05, 3.63) is 64.7 Å². The summed E-state index contributed by atoms with van der Waals surface area (Å²) >= 11 is 7.26. The van der Waals surface area contributed by atoms with Gasteiger partial charge in [0.1, 0.15) is 11.6 Å². The fraction of sp³-hybridized carbons (Fsp3) is 0.222. The number of amidine groups is 1. The van der Waals surface area contributed by atoms with Crippen LogP contribution < -0.4 is 5.32 Å². The monoisotopic (exact) mass is 395 g/mol. The summed E-state index contributed by atoms with van der Waals surface area (Å²) in [5, 5.41) is 3.49. The first-order chi connectivity index (χ1) is 12.4. The molecule has 0 radical (unpaired) electrons. The van der Waals surface area contributed by atoms with Gasteiger partial charge in [-0.1, -0.05) is 42.4 Å². The molecule has 2 amide bonds. The molecule has 0 unspecified atom stereocenters. The van der Waals surface area contributed by atoms with Crippen LogP contribution in [0.2, 0.25) is 5.02 Å². The summed E-state index contributed by atoms with van der Waals surface area (Å²) in [6.45, 7) is 2.88. The Morgan fingerprint density at radius 1 is 1.31 bits per heavy atom. The van der Waals surface area contributed by atoms with Crippen LogP contribution in [0, 0.1) is 11.6 Å². The zero-order valence-electron chi connectivity index (χ0n) is 13.9. The van der Waals surface area contributed by atoms with Gasteiger partial charge in [0.15, 0.2) is 5.17 Å². The number of rotatable bonds is 3. The molecule has 136 valence electrons. The van der Waals surface area contributed by atoms with Crippen LogP contribution in [0.15, 0.2) is 47.5 Å². The van der Waals surface area contributed by atoms with Crippen molar-refractivity contribution in [2.75, 3.05) is 11.9 Å². The minimum Gasteiger partial charge on any atom is -0.307 e. The highest BCUT2D eigenvalue weighted by Crippen LogP contribution is 2.26. The van der Waals surface area contributed by atoms with E-state index in [0.29, 0.717) is 17.4 Å². The zero-order chi connectivity index (χ0) is 18.7. The quantitative estimate of drug-likeness (QED) is 0.781. The normalized spacial score (nSPS) is 16.3. The number of halogens is 3. The second kappa shape index (κ2) is 8.05. The Morgan fingerprint density at radius 3 is 2.65 bits per heavy atom. The summed E-state index contributed by atoms with van der Waals surface area (Å²) in [5.74, 6) is -0.899. The Bertz CT molecular complexity index is 845. The third kappa shape index (κ3) is 4.53. The Kier molecular flexibility index (Phi) is 5.78. The Balaban J connectivity index is 1.80. The average molecular weight is 396 g/mol. The largest absolute Gasteiger partial charge is 0.328 e. The molecule has 1 aliphatic heterocycles. The maximum Gasteiger partial charge on any atom is 0.328 e. The summed E-state index contributed by atoms with van der Waals surface area (Å²) in [5.41, 5.74) is 1.14. The van der Waals surface area contributed by atoms with Crippen LogP contribution in [0.25, 0.3) is 0 Å². The number of urea groups is 1. The standard InChI is InChI=1S/C18H16ClF2N3OS/c1-11-9-22-18(26-11)24(10-12-2-4-13(20)5-3-12)17(25)23-14-6-7-16(21)15(19)8-14/h2-8,11H,9-10H2,1H3,(H,23,25)/t11-/m1/s1. The number of carbonyl (C=O) groups is 1. The minimum absolute atomic E-state index is 0.0749. The molecule has 0 spiro atoms. The molecule has 4 nitrogen and oxygen atoms in total. The molecule has 26 heavy (non-hydrogen) atoms. The molecule has 0 saturated carbocycles. The average Bonchev–Trinajstić information content (AvgIpc) is 3.03. The van der Waals surface area contributed by atoms with E-state index in [-0.39, 0.29) is 22.6 Å². The second-order valence-corrected chi connectivity index (χ2v) is 7.64. The minimum atomic E-state index is -0.558. The van der Waals surface area contributed by atoms with E-state index in [2.05, 4.69) is 10.3 Å². The predicted molar refractivity (Wildman–Crippen MR) is 102 cm³/mol. The topological polar surface area (TPSA) is 44.7 Å². The molecule has 1 aliphatic rings. The molecule has 8 heteroatoms. The van der Waals surface area contributed by atoms with Gasteiger partial charge >= 0.3 is 6.03 Å². The number of nitrogens with zero attached hydrogens (tertiary/aromatic N) is 2. The van der Waals surface area contributed by atoms with E-state index in [4.69, 9.17) is 11.6 Å². The van der Waals surface area contributed by atoms with Crippen molar-refractivity contribution in [2.24, 2.45) is 4.99 Å². The summed E-state index contributed by atoms with van der Waals surface area (Å²) in [7, 11) is 0. The van der Waals surface area contributed by atoms with Crippen molar-refractivity contribution in [3.63, 3.8) is 0 Å². The molecule has 1 heterocycles. The Morgan fingerprint density at radius 2 is 2.04 bits per heavy atom. The molecule has 2 aromatic rings. The number of carbonyl (C=O) groups excluding carboxylic acids is 1. The highest BCUT2D eigenvalue weighted by molar-refractivity contribution is 8.14. The molecular weight excluding hydrogens is 380 g/mol. The summed E-state index contributed by atoms with van der Waals surface area (Å²) in [6.07, 6.45) is 0. The first-order valence-electron chi connectivity index (χ1n) is 7.91. The maximum absolute atomic E-state index is 13.3. The highest BCUT2D eigenvalue weighted by atomic mass is 35.5. The van der Waals surface area contributed by atoms with E-state index in [1.54, 1.807) is 12.1 Å². The molecule has 0 aromatic heterocycles. The number of thioether (sulfide) groups is 1. The van der Waals surface area contributed by atoms with Crippen molar-refractivity contribution >= 4 is 40.2 Å². The Hall–Kier alpha value is -2.12. The summed E-state index contributed by atoms with van der Waals surface area (Å²) in [4.78, 5) is 18.7. The molecule has 2 aromatic carbocycles. The molecule has 1 atom stereocenters. The first kappa shape index (κ1) is 18.7. The molecule has 0 bridgehead atoms. The van der Waals surface area contributed by atoms with Crippen LogP contribution >= 0.6 is 23.4 Å². The van der Waals surface area contributed by atoms with E-state index in [1.807, 2.05) is 6.92 Å². The SMILES string of the molecule is C[C@@H]1CN=C(N(Cc2ccc(F)cc2)C(=O)Nc2ccc(F)c(Cl)c2)S1. The van der Waals surface area contributed by atoms with Crippen LogP contribution in [0.3, 0.4) is 0 Å². The number of nitrogens with one attached hydrogen (secondary N) is 1. The van der Waals surface area contributed by atoms with E-state index >= 15 is 0 Å². The lowest BCUT2D eigenvalue weighted by Crippen LogP contribution is -2.37. The van der Waals surface area contributed by atoms with Crippen LogP contribution in [-0.4, -0.2) is 27.9 Å². The lowest BCUT2D eigenvalue weighted by Gasteiger charge is -2.23. The van der Waals surface area contributed by atoms with Gasteiger partial charge in [-0.05, 0) is 35.9 Å². The van der Waals surface area contributed by atoms with Crippen LogP contribution in [0.1, 0.15) is 12.5 Å². The smallest absolute Gasteiger partial charge is 0.307 e. The zero-order valence-corrected chi connectivity index (χ0v) is 15.5. The van der Waals surface area contributed by atoms with E-state index in [9.17, 15) is 13.6 Å². The molecule has 0 saturated heterocycles. The molecular formula is C18H16ClF2N3OS. The number of amides is 2. The number of aliphatic imine (C=N–C) groups is 1. The molecule has 1 N–H and O–H groups in total. The van der Waals surface area contributed by atoms with Gasteiger partial charge in [0.2, 0.25) is 0 Å². The third-order valence-electron chi connectivity index (χ3n) is 3.69. The van der Waals surface area contributed by atoms with Gasteiger partial charge in [0, 0.05) is 10.9 Å². The number of hydrogen-bond donors (Lipinski definition) is 1. The lowest BCUT2D eigenvalue weighted by molar-refractivity contribution is 0.233. The van der Waals surface area contributed by atoms with Gasteiger partial charge in [0.05, 0.1) is 18.1 Å². The van der Waals surface area contributed by atoms with Crippen molar-refractivity contribution in [1.29, 1.82) is 0 Å². The van der Waals surface area contributed by atoms with Crippen LogP contribution in [-0.2, 0) is 6.54 Å². The molecule has 3 rings (SSSR count). The molecule has 0 aliphatic carbocycles. The first-order valence-corrected chi connectivity index (χ1v) is 9.17. The predicted octanol–water partition coefficient (Wildman–Crippen LogP) is 5.14. The van der Waals surface area contributed by atoms with Crippen LogP contribution in [0.4, 0.5) is 19.3 Å². The lowest BCUT2D eigenvalue weighted by atomic mass is 10.2. The number of hydrogen-bond acceptors (Lipinski definition) is 3. The van der Waals surface area contributed by atoms with Gasteiger partial charge in [-0.2, -0.15) is 0 Å². The Labute approximate surface area is 159 Å². The number of anilines is 1. The van der Waals surface area contributed by atoms with Gasteiger partial charge < -0.3 is 5.32 Å². The third-order valence-corrected chi connectivity index (χ3v) is 5.09. The van der Waals surface area contributed by atoms with Crippen molar-refractivity contribution in [2.45, 2.75) is 18.7 Å². The fourth-order valence-corrected chi connectivity index (χ4v) is 3.49. The molecule has 0 fully saturated rings. The van der Waals surface area contributed by atoms with E-state index in [1.165, 1.54) is 47.0 Å². The number of benzene rings is 2. The van der Waals surface area contributed by atoms with Crippen molar-refractivity contribution in [3.8, 4) is 0 Å². The second-order valence-electron chi connectivity index (χ2n) is 5.82. The van der Waals surface area contributed by atoms with Crippen molar-refractivity contribution in [1.82, 2.24) is 4.90 Å². The van der Waals surface area contributed by atoms with Gasteiger partial charge in [-0.25, -0.2) is 13.6 Å². The van der Waals surface area contributed by atoms with Gasteiger partial charge in [0.25, 0.3) is 0 Å². The summed E-state index contributed by atoms with van der Waals surface area (Å²) < 4.78 is 26.4. The highest BCUT2D eigenvalue weighted by Gasteiger charge is 2.26. The van der Waals surface area contributed by atoms with Crippen LogP contribution in [0.5, 0.6) is 0 Å².